The van der Waals surface area contributed by atoms with E-state index < -0.39 is 5.82 Å². The maximum absolute atomic E-state index is 15.4. The summed E-state index contributed by atoms with van der Waals surface area (Å²) in [5, 5.41) is 13.7. The molecule has 0 aliphatic carbocycles. The third-order valence-corrected chi connectivity index (χ3v) is 5.77. The van der Waals surface area contributed by atoms with Crippen molar-refractivity contribution in [1.82, 2.24) is 20.0 Å². The molecule has 5 rings (SSSR count). The van der Waals surface area contributed by atoms with E-state index in [1.807, 2.05) is 37.3 Å². The fraction of sp³-hybridized carbons (Fsp3) is 0.120. The second kappa shape index (κ2) is 7.43. The number of rotatable bonds is 3. The van der Waals surface area contributed by atoms with Gasteiger partial charge in [0.05, 0.1) is 29.5 Å². The molecule has 1 N–H and O–H groups in total. The summed E-state index contributed by atoms with van der Waals surface area (Å²) >= 11 is 0. The summed E-state index contributed by atoms with van der Waals surface area (Å²) in [5.74, 6) is -0.479. The zero-order valence-corrected chi connectivity index (χ0v) is 17.5. The smallest absolute Gasteiger partial charge is 0.268 e. The Morgan fingerprint density at radius 1 is 1.12 bits per heavy atom. The molecule has 2 heterocycles. The highest BCUT2D eigenvalue weighted by molar-refractivity contribution is 6.04. The van der Waals surface area contributed by atoms with Crippen LogP contribution in [-0.2, 0) is 13.5 Å². The summed E-state index contributed by atoms with van der Waals surface area (Å²) in [5.41, 5.74) is 2.93. The van der Waals surface area contributed by atoms with Crippen LogP contribution >= 0.6 is 0 Å². The van der Waals surface area contributed by atoms with Crippen LogP contribution in [0.1, 0.15) is 12.6 Å². The Kier molecular flexibility index (Phi) is 4.56. The normalized spacial score (nSPS) is 11.2. The molecule has 0 saturated heterocycles. The minimum Gasteiger partial charge on any atom is -0.268 e. The molecule has 0 saturated carbocycles. The second-order valence-corrected chi connectivity index (χ2v) is 7.56. The van der Waals surface area contributed by atoms with Crippen molar-refractivity contribution in [3.63, 3.8) is 0 Å². The Hall–Kier alpha value is -4.31. The molecule has 0 spiro atoms. The van der Waals surface area contributed by atoms with Crippen molar-refractivity contribution < 1.29 is 4.39 Å². The highest BCUT2D eigenvalue weighted by Crippen LogP contribution is 2.43. The number of fused-ring (bicyclic) bond motifs is 2. The molecule has 0 unspecified atom stereocenters. The fourth-order valence-electron chi connectivity index (χ4n) is 4.24. The lowest BCUT2D eigenvalue weighted by atomic mass is 9.95. The van der Waals surface area contributed by atoms with Gasteiger partial charge in [-0.15, -0.1) is 0 Å². The highest BCUT2D eigenvalue weighted by atomic mass is 19.1. The van der Waals surface area contributed by atoms with Gasteiger partial charge < -0.3 is 0 Å². The van der Waals surface area contributed by atoms with Crippen molar-refractivity contribution in [3.8, 4) is 22.4 Å². The van der Waals surface area contributed by atoms with E-state index in [-0.39, 0.29) is 16.8 Å². The molecular weight excluding hydrogens is 405 g/mol. The van der Waals surface area contributed by atoms with Crippen molar-refractivity contribution >= 4 is 27.2 Å². The van der Waals surface area contributed by atoms with Crippen LogP contribution < -0.4 is 5.56 Å². The van der Waals surface area contributed by atoms with Gasteiger partial charge in [0.15, 0.2) is 0 Å². The monoisotopic (exact) mass is 423 g/mol. The van der Waals surface area contributed by atoms with E-state index in [2.05, 4.69) is 20.1 Å². The van der Waals surface area contributed by atoms with E-state index in [0.29, 0.717) is 33.8 Å². The first-order valence-electron chi connectivity index (χ1n) is 10.2. The maximum Gasteiger partial charge on any atom is 0.272 e. The summed E-state index contributed by atoms with van der Waals surface area (Å²) in [7, 11) is 1.73. The molecule has 156 valence electrons. The summed E-state index contributed by atoms with van der Waals surface area (Å²) in [6, 6.07) is 14.2. The first-order chi connectivity index (χ1) is 15.5. The van der Waals surface area contributed by atoms with Gasteiger partial charge in [-0.2, -0.15) is 10.2 Å². The predicted molar refractivity (Wildman–Crippen MR) is 123 cm³/mol. The molecule has 0 aliphatic heterocycles. The lowest BCUT2D eigenvalue weighted by Crippen LogP contribution is -2.10. The van der Waals surface area contributed by atoms with Crippen LogP contribution in [0, 0.1) is 12.4 Å². The molecule has 0 atom stereocenters. The zero-order valence-electron chi connectivity index (χ0n) is 17.5. The van der Waals surface area contributed by atoms with E-state index in [4.69, 9.17) is 6.57 Å². The Balaban J connectivity index is 1.82. The molecule has 0 radical (unpaired) electrons. The van der Waals surface area contributed by atoms with Gasteiger partial charge in [0.2, 0.25) is 5.69 Å². The van der Waals surface area contributed by atoms with Crippen molar-refractivity contribution in [2.24, 2.45) is 7.05 Å². The minimum atomic E-state index is -0.479. The lowest BCUT2D eigenvalue weighted by molar-refractivity contribution is 0.630. The predicted octanol–water partition coefficient (Wildman–Crippen LogP) is 5.40. The third kappa shape index (κ3) is 2.88. The first kappa shape index (κ1) is 19.6. The SMILES string of the molecule is [C-]#[N+]c1c(-c2c(-c3ccc4c(=O)[nH]nc(CC)c4c3)cnn2C)c(F)cc2ccccc12. The van der Waals surface area contributed by atoms with E-state index in [1.165, 1.54) is 6.07 Å². The number of nitrogens with one attached hydrogen (secondary N) is 1. The topological polar surface area (TPSA) is 67.9 Å². The second-order valence-electron chi connectivity index (χ2n) is 7.56. The molecule has 3 aromatic carbocycles. The van der Waals surface area contributed by atoms with Crippen LogP contribution in [-0.4, -0.2) is 20.0 Å². The quantitative estimate of drug-likeness (QED) is 0.395. The number of halogens is 1. The first-order valence-corrected chi connectivity index (χ1v) is 10.2. The molecule has 7 heteroatoms. The van der Waals surface area contributed by atoms with Crippen molar-refractivity contribution in [3.05, 3.63) is 88.0 Å². The number of benzene rings is 3. The van der Waals surface area contributed by atoms with Gasteiger partial charge >= 0.3 is 0 Å². The number of hydrogen-bond donors (Lipinski definition) is 1. The van der Waals surface area contributed by atoms with Gasteiger partial charge in [0, 0.05) is 23.6 Å². The molecular formula is C25H18FN5O. The molecule has 2 aromatic heterocycles. The largest absolute Gasteiger partial charge is 0.272 e. The molecule has 6 nitrogen and oxygen atoms in total. The molecule has 0 fully saturated rings. The number of aromatic nitrogens is 4. The van der Waals surface area contributed by atoms with Gasteiger partial charge in [-0.3, -0.25) is 9.48 Å². The summed E-state index contributed by atoms with van der Waals surface area (Å²) < 4.78 is 17.0. The van der Waals surface area contributed by atoms with Crippen LogP contribution in [0.2, 0.25) is 0 Å². The number of nitrogens with zero attached hydrogens (tertiary/aromatic N) is 4. The molecule has 0 bridgehead atoms. The van der Waals surface area contributed by atoms with E-state index in [9.17, 15) is 4.79 Å². The maximum atomic E-state index is 15.4. The Morgan fingerprint density at radius 3 is 2.72 bits per heavy atom. The third-order valence-electron chi connectivity index (χ3n) is 5.77. The summed E-state index contributed by atoms with van der Waals surface area (Å²) in [6.45, 7) is 9.75. The van der Waals surface area contributed by atoms with E-state index >= 15 is 4.39 Å². The van der Waals surface area contributed by atoms with Gasteiger partial charge in [-0.05, 0) is 41.0 Å². The molecule has 0 aliphatic rings. The van der Waals surface area contributed by atoms with Gasteiger partial charge in [-0.1, -0.05) is 37.3 Å². The van der Waals surface area contributed by atoms with Crippen LogP contribution in [0.4, 0.5) is 10.1 Å². The van der Waals surface area contributed by atoms with Crippen molar-refractivity contribution in [2.45, 2.75) is 13.3 Å². The summed E-state index contributed by atoms with van der Waals surface area (Å²) in [6.07, 6.45) is 2.31. The van der Waals surface area contributed by atoms with Crippen LogP contribution in [0.3, 0.4) is 0 Å². The van der Waals surface area contributed by atoms with Crippen molar-refractivity contribution in [2.75, 3.05) is 0 Å². The molecule has 0 amide bonds. The fourth-order valence-corrected chi connectivity index (χ4v) is 4.24. The number of aromatic amines is 1. The minimum absolute atomic E-state index is 0.216. The number of hydrogen-bond acceptors (Lipinski definition) is 3. The van der Waals surface area contributed by atoms with E-state index in [1.54, 1.807) is 30.1 Å². The van der Waals surface area contributed by atoms with Gasteiger partial charge in [-0.25, -0.2) is 14.3 Å². The lowest BCUT2D eigenvalue weighted by Gasteiger charge is -2.13. The summed E-state index contributed by atoms with van der Waals surface area (Å²) in [4.78, 5) is 15.9. The Bertz CT molecular complexity index is 1620. The van der Waals surface area contributed by atoms with Gasteiger partial charge in [0.1, 0.15) is 5.82 Å². The average Bonchev–Trinajstić information content (AvgIpc) is 3.19. The molecule has 5 aromatic rings. The Labute approximate surface area is 182 Å². The van der Waals surface area contributed by atoms with Crippen LogP contribution in [0.15, 0.2) is 59.5 Å². The Morgan fingerprint density at radius 2 is 1.94 bits per heavy atom. The van der Waals surface area contributed by atoms with Crippen LogP contribution in [0.25, 0.3) is 48.8 Å². The standard InChI is InChI=1S/C25H18FN5O/c1-4-21-18-11-15(9-10-17(18)25(32)30-29-21)19-13-28-31(3)24(19)22-20(26)12-14-7-5-6-8-16(14)23(22)27-2/h5-13H,4H2,1,3H3,(H,30,32). The van der Waals surface area contributed by atoms with Gasteiger partial charge in [0.25, 0.3) is 5.56 Å². The number of H-pyrrole nitrogens is 1. The van der Waals surface area contributed by atoms with Crippen LogP contribution in [0.5, 0.6) is 0 Å². The average molecular weight is 423 g/mol. The zero-order chi connectivity index (χ0) is 22.4. The van der Waals surface area contributed by atoms with E-state index in [0.717, 1.165) is 16.6 Å². The molecule has 32 heavy (non-hydrogen) atoms. The number of aryl methyl sites for hydroxylation is 2. The highest BCUT2D eigenvalue weighted by Gasteiger charge is 2.22. The van der Waals surface area contributed by atoms with Crippen molar-refractivity contribution in [1.29, 1.82) is 0 Å².